The molecule has 2 aliphatic rings. The molecule has 1 fully saturated rings. The second-order valence-electron chi connectivity index (χ2n) is 7.87. The monoisotopic (exact) mass is 435 g/mol. The average molecular weight is 436 g/mol. The van der Waals surface area contributed by atoms with Crippen LogP contribution >= 0.6 is 11.6 Å². The molecule has 0 bridgehead atoms. The van der Waals surface area contributed by atoms with Crippen LogP contribution in [0.2, 0.25) is 5.02 Å². The highest BCUT2D eigenvalue weighted by Gasteiger charge is 2.25. The minimum absolute atomic E-state index is 0.0611. The fraction of sp³-hybridized carbons (Fsp3) is 0.250. The average Bonchev–Trinajstić information content (AvgIpc) is 3.46. The van der Waals surface area contributed by atoms with E-state index < -0.39 is 0 Å². The van der Waals surface area contributed by atoms with Crippen molar-refractivity contribution >= 4 is 51.7 Å². The number of para-hydroxylation sites is 1. The molecular formula is C24H22ClN3O3. The molecule has 0 radical (unpaired) electrons. The van der Waals surface area contributed by atoms with Crippen LogP contribution in [0.3, 0.4) is 0 Å². The summed E-state index contributed by atoms with van der Waals surface area (Å²) in [6.07, 6.45) is 5.94. The van der Waals surface area contributed by atoms with Gasteiger partial charge in [0.25, 0.3) is 5.91 Å². The molecule has 5 rings (SSSR count). The molecule has 1 atom stereocenters. The van der Waals surface area contributed by atoms with Crippen LogP contribution in [-0.4, -0.2) is 35.6 Å². The lowest BCUT2D eigenvalue weighted by Gasteiger charge is -2.11. The van der Waals surface area contributed by atoms with Gasteiger partial charge in [-0.3, -0.25) is 9.59 Å². The van der Waals surface area contributed by atoms with Crippen LogP contribution < -0.4 is 10.6 Å². The molecule has 0 saturated carbocycles. The summed E-state index contributed by atoms with van der Waals surface area (Å²) in [6, 6.07) is 13.2. The Morgan fingerprint density at radius 1 is 1.29 bits per heavy atom. The fourth-order valence-electron chi connectivity index (χ4n) is 4.23. The number of ether oxygens (including phenoxy) is 1. The first-order chi connectivity index (χ1) is 15.1. The molecule has 2 aromatic carbocycles. The molecule has 7 heteroatoms. The Balaban J connectivity index is 1.44. The van der Waals surface area contributed by atoms with Crippen LogP contribution in [0, 0.1) is 0 Å². The Hall–Kier alpha value is -3.09. The lowest BCUT2D eigenvalue weighted by Crippen LogP contribution is -2.34. The van der Waals surface area contributed by atoms with Crippen LogP contribution in [0.4, 0.5) is 5.69 Å². The molecule has 31 heavy (non-hydrogen) atoms. The quantitative estimate of drug-likeness (QED) is 0.593. The number of amides is 2. The van der Waals surface area contributed by atoms with Crippen molar-refractivity contribution in [3.05, 3.63) is 64.8 Å². The number of hydrogen-bond acceptors (Lipinski definition) is 3. The van der Waals surface area contributed by atoms with Gasteiger partial charge in [0.1, 0.15) is 6.54 Å². The summed E-state index contributed by atoms with van der Waals surface area (Å²) in [7, 11) is 0. The number of carbonyl (C=O) groups is 2. The highest BCUT2D eigenvalue weighted by atomic mass is 35.5. The molecule has 1 unspecified atom stereocenters. The molecule has 158 valence electrons. The van der Waals surface area contributed by atoms with E-state index in [4.69, 9.17) is 16.3 Å². The largest absolute Gasteiger partial charge is 0.376 e. The van der Waals surface area contributed by atoms with Gasteiger partial charge in [-0.2, -0.15) is 0 Å². The lowest BCUT2D eigenvalue weighted by atomic mass is 10.0. The van der Waals surface area contributed by atoms with Gasteiger partial charge >= 0.3 is 0 Å². The number of fused-ring (bicyclic) bond motifs is 2. The van der Waals surface area contributed by atoms with Gasteiger partial charge in [-0.1, -0.05) is 35.9 Å². The zero-order chi connectivity index (χ0) is 21.4. The zero-order valence-corrected chi connectivity index (χ0v) is 17.6. The molecule has 2 N–H and O–H groups in total. The molecule has 6 nitrogen and oxygen atoms in total. The van der Waals surface area contributed by atoms with Crippen molar-refractivity contribution in [3.8, 4) is 0 Å². The first kappa shape index (κ1) is 19.8. The molecule has 2 amide bonds. The number of hydrogen-bond donors (Lipinski definition) is 2. The molecule has 0 spiro atoms. The molecule has 3 aromatic rings. The van der Waals surface area contributed by atoms with Crippen LogP contribution in [0.15, 0.2) is 48.7 Å². The van der Waals surface area contributed by atoms with Crippen molar-refractivity contribution in [2.24, 2.45) is 0 Å². The topological polar surface area (TPSA) is 72.4 Å². The van der Waals surface area contributed by atoms with Gasteiger partial charge in [-0.05, 0) is 37.1 Å². The van der Waals surface area contributed by atoms with E-state index >= 15 is 0 Å². The van der Waals surface area contributed by atoms with Gasteiger partial charge in [0.15, 0.2) is 0 Å². The summed E-state index contributed by atoms with van der Waals surface area (Å²) in [5, 5.41) is 7.39. The van der Waals surface area contributed by atoms with E-state index in [2.05, 4.69) is 10.6 Å². The van der Waals surface area contributed by atoms with Crippen LogP contribution in [0.1, 0.15) is 24.0 Å². The predicted octanol–water partition coefficient (Wildman–Crippen LogP) is 4.08. The van der Waals surface area contributed by atoms with E-state index in [1.165, 1.54) is 0 Å². The van der Waals surface area contributed by atoms with Crippen molar-refractivity contribution in [1.29, 1.82) is 0 Å². The van der Waals surface area contributed by atoms with Crippen LogP contribution in [0.25, 0.3) is 22.6 Å². The van der Waals surface area contributed by atoms with Crippen molar-refractivity contribution in [2.75, 3.05) is 18.5 Å². The number of aromatic nitrogens is 1. The Bertz CT molecular complexity index is 1210. The van der Waals surface area contributed by atoms with Crippen molar-refractivity contribution < 1.29 is 14.3 Å². The third-order valence-electron chi connectivity index (χ3n) is 5.75. The Kier molecular flexibility index (Phi) is 5.26. The van der Waals surface area contributed by atoms with Gasteiger partial charge in [-0.25, -0.2) is 0 Å². The Morgan fingerprint density at radius 3 is 3.00 bits per heavy atom. The number of nitrogens with zero attached hydrogens (tertiary/aromatic N) is 1. The first-order valence-electron chi connectivity index (χ1n) is 10.4. The Labute approximate surface area is 184 Å². The molecular weight excluding hydrogens is 414 g/mol. The van der Waals surface area contributed by atoms with Crippen molar-refractivity contribution in [3.63, 3.8) is 0 Å². The highest BCUT2D eigenvalue weighted by Crippen LogP contribution is 2.36. The number of benzene rings is 2. The molecule has 2 aliphatic heterocycles. The van der Waals surface area contributed by atoms with E-state index in [9.17, 15) is 9.59 Å². The SMILES string of the molecule is O=C(Cn1cc(/C=C2/C(=O)Nc3cc(Cl)ccc32)c2ccccc21)NCC1CCCO1. The molecule has 1 aromatic heterocycles. The highest BCUT2D eigenvalue weighted by molar-refractivity contribution is 6.36. The zero-order valence-electron chi connectivity index (χ0n) is 16.9. The molecule has 1 saturated heterocycles. The van der Waals surface area contributed by atoms with Gasteiger partial charge in [0.05, 0.1) is 11.8 Å². The second kappa shape index (κ2) is 8.21. The maximum atomic E-state index is 12.6. The van der Waals surface area contributed by atoms with Gasteiger partial charge in [0, 0.05) is 52.0 Å². The summed E-state index contributed by atoms with van der Waals surface area (Å²) in [4.78, 5) is 25.1. The second-order valence-corrected chi connectivity index (χ2v) is 8.31. The number of halogens is 1. The van der Waals surface area contributed by atoms with Gasteiger partial charge < -0.3 is 19.9 Å². The summed E-state index contributed by atoms with van der Waals surface area (Å²) in [5.41, 5.74) is 3.94. The van der Waals surface area contributed by atoms with Gasteiger partial charge in [0.2, 0.25) is 5.91 Å². The van der Waals surface area contributed by atoms with Crippen LogP contribution in [-0.2, 0) is 20.9 Å². The van der Waals surface area contributed by atoms with E-state index in [-0.39, 0.29) is 24.5 Å². The smallest absolute Gasteiger partial charge is 0.256 e. The summed E-state index contributed by atoms with van der Waals surface area (Å²) in [5.74, 6) is -0.225. The third-order valence-corrected chi connectivity index (χ3v) is 5.98. The number of nitrogens with one attached hydrogen (secondary N) is 2. The molecule has 3 heterocycles. The van der Waals surface area contributed by atoms with E-state index in [1.807, 2.05) is 47.2 Å². The minimum atomic E-state index is -0.164. The summed E-state index contributed by atoms with van der Waals surface area (Å²) >= 11 is 6.06. The normalized spacial score (nSPS) is 19.1. The number of carbonyl (C=O) groups excluding carboxylic acids is 2. The fourth-order valence-corrected chi connectivity index (χ4v) is 4.40. The van der Waals surface area contributed by atoms with E-state index in [0.29, 0.717) is 22.8 Å². The van der Waals surface area contributed by atoms with E-state index in [0.717, 1.165) is 41.5 Å². The van der Waals surface area contributed by atoms with Gasteiger partial charge in [-0.15, -0.1) is 0 Å². The van der Waals surface area contributed by atoms with Crippen LogP contribution in [0.5, 0.6) is 0 Å². The third kappa shape index (κ3) is 3.96. The first-order valence-corrected chi connectivity index (χ1v) is 10.8. The maximum Gasteiger partial charge on any atom is 0.256 e. The number of rotatable bonds is 5. The summed E-state index contributed by atoms with van der Waals surface area (Å²) < 4.78 is 7.49. The Morgan fingerprint density at radius 2 is 2.16 bits per heavy atom. The number of anilines is 1. The maximum absolute atomic E-state index is 12.6. The van der Waals surface area contributed by atoms with Crippen molar-refractivity contribution in [2.45, 2.75) is 25.5 Å². The molecule has 0 aliphatic carbocycles. The predicted molar refractivity (Wildman–Crippen MR) is 122 cm³/mol. The van der Waals surface area contributed by atoms with Crippen molar-refractivity contribution in [1.82, 2.24) is 9.88 Å². The minimum Gasteiger partial charge on any atom is -0.376 e. The lowest BCUT2D eigenvalue weighted by molar-refractivity contribution is -0.122. The summed E-state index contributed by atoms with van der Waals surface area (Å²) in [6.45, 7) is 1.51. The van der Waals surface area contributed by atoms with E-state index in [1.54, 1.807) is 12.1 Å². The standard InChI is InChI=1S/C24H22ClN3O3/c25-16-7-8-19-20(24(30)27-21(19)11-16)10-15-13-28(22-6-2-1-5-18(15)22)14-23(29)26-12-17-4-3-9-31-17/h1-2,5-8,10-11,13,17H,3-4,9,12,14H2,(H,26,29)(H,27,30)/b20-10+.